The van der Waals surface area contributed by atoms with Crippen LogP contribution in [0.2, 0.25) is 5.02 Å². The van der Waals surface area contributed by atoms with E-state index in [0.717, 1.165) is 17.7 Å². The van der Waals surface area contributed by atoms with E-state index in [4.69, 9.17) is 21.9 Å². The molecule has 2 rings (SSSR count). The van der Waals surface area contributed by atoms with Gasteiger partial charge in [0.1, 0.15) is 5.69 Å². The van der Waals surface area contributed by atoms with Crippen molar-refractivity contribution in [2.45, 2.75) is 26.3 Å². The van der Waals surface area contributed by atoms with Gasteiger partial charge in [0, 0.05) is 11.6 Å². The summed E-state index contributed by atoms with van der Waals surface area (Å²) in [6.07, 6.45) is 0.872. The number of hydrogen-bond acceptors (Lipinski definition) is 3. The van der Waals surface area contributed by atoms with E-state index in [1.54, 1.807) is 0 Å². The van der Waals surface area contributed by atoms with Gasteiger partial charge in [0.05, 0.1) is 11.1 Å². The van der Waals surface area contributed by atoms with Crippen molar-refractivity contribution in [2.24, 2.45) is 11.7 Å². The molecule has 0 aliphatic heterocycles. The van der Waals surface area contributed by atoms with Gasteiger partial charge >= 0.3 is 0 Å². The third kappa shape index (κ3) is 2.92. The lowest BCUT2D eigenvalue weighted by molar-refractivity contribution is 0.343. The predicted molar refractivity (Wildman–Crippen MR) is 73.3 cm³/mol. The second-order valence-electron chi connectivity index (χ2n) is 4.83. The minimum atomic E-state index is -0.117. The zero-order valence-electron chi connectivity index (χ0n) is 10.6. The Morgan fingerprint density at radius 3 is 2.72 bits per heavy atom. The molecule has 0 amide bonds. The summed E-state index contributed by atoms with van der Waals surface area (Å²) in [5.41, 5.74) is 7.66. The maximum absolute atomic E-state index is 6.12. The first-order valence-corrected chi connectivity index (χ1v) is 6.43. The Morgan fingerprint density at radius 1 is 1.33 bits per heavy atom. The van der Waals surface area contributed by atoms with E-state index in [9.17, 15) is 0 Å². The quantitative estimate of drug-likeness (QED) is 0.907. The Labute approximate surface area is 112 Å². The molecule has 18 heavy (non-hydrogen) atoms. The highest BCUT2D eigenvalue weighted by molar-refractivity contribution is 6.33. The molecule has 0 spiro atoms. The Bertz CT molecular complexity index is 522. The number of nitrogens with zero attached hydrogens (tertiary/aromatic N) is 1. The molecule has 1 heterocycles. The van der Waals surface area contributed by atoms with E-state index in [2.05, 4.69) is 19.0 Å². The van der Waals surface area contributed by atoms with Crippen LogP contribution in [0.5, 0.6) is 0 Å². The van der Waals surface area contributed by atoms with Gasteiger partial charge in [-0.1, -0.05) is 48.8 Å². The highest BCUT2D eigenvalue weighted by Gasteiger charge is 2.15. The second-order valence-corrected chi connectivity index (χ2v) is 5.24. The first-order chi connectivity index (χ1) is 8.58. The topological polar surface area (TPSA) is 52.0 Å². The fourth-order valence-electron chi connectivity index (χ4n) is 1.88. The Hall–Kier alpha value is -1.32. The van der Waals surface area contributed by atoms with Crippen molar-refractivity contribution >= 4 is 11.6 Å². The number of nitrogens with two attached hydrogens (primary N) is 1. The van der Waals surface area contributed by atoms with E-state index < -0.39 is 0 Å². The normalized spacial score (nSPS) is 12.9. The maximum Gasteiger partial charge on any atom is 0.154 e. The Kier molecular flexibility index (Phi) is 4.04. The summed E-state index contributed by atoms with van der Waals surface area (Å²) >= 11 is 6.12. The van der Waals surface area contributed by atoms with Crippen LogP contribution in [0.1, 0.15) is 32.1 Å². The molecule has 0 aliphatic carbocycles. The van der Waals surface area contributed by atoms with E-state index in [1.165, 1.54) is 0 Å². The molecule has 1 aromatic carbocycles. The van der Waals surface area contributed by atoms with Crippen LogP contribution in [0.25, 0.3) is 11.3 Å². The molecule has 2 N–H and O–H groups in total. The molecular formula is C14H17ClN2O. The first kappa shape index (κ1) is 13.1. The van der Waals surface area contributed by atoms with Crippen LogP contribution in [0, 0.1) is 5.92 Å². The molecule has 4 heteroatoms. The average Bonchev–Trinajstić information content (AvgIpc) is 2.78. The minimum absolute atomic E-state index is 0.117. The van der Waals surface area contributed by atoms with Crippen LogP contribution >= 0.6 is 11.6 Å². The summed E-state index contributed by atoms with van der Waals surface area (Å²) in [7, 11) is 0. The van der Waals surface area contributed by atoms with E-state index in [0.29, 0.717) is 16.7 Å². The van der Waals surface area contributed by atoms with Crippen molar-refractivity contribution in [1.82, 2.24) is 5.16 Å². The van der Waals surface area contributed by atoms with E-state index >= 15 is 0 Å². The van der Waals surface area contributed by atoms with Crippen molar-refractivity contribution in [3.05, 3.63) is 41.1 Å². The lowest BCUT2D eigenvalue weighted by atomic mass is 10.0. The highest BCUT2D eigenvalue weighted by Crippen LogP contribution is 2.29. The summed E-state index contributed by atoms with van der Waals surface area (Å²) in [6, 6.07) is 9.31. The molecule has 1 atom stereocenters. The van der Waals surface area contributed by atoms with Crippen LogP contribution in [-0.2, 0) is 0 Å². The Balaban J connectivity index is 2.23. The van der Waals surface area contributed by atoms with Gasteiger partial charge in [0.25, 0.3) is 0 Å². The molecule has 1 aromatic heterocycles. The van der Waals surface area contributed by atoms with Crippen LogP contribution < -0.4 is 5.73 Å². The zero-order valence-corrected chi connectivity index (χ0v) is 11.3. The summed E-state index contributed by atoms with van der Waals surface area (Å²) in [5.74, 6) is 1.23. The lowest BCUT2D eigenvalue weighted by Crippen LogP contribution is -2.11. The second kappa shape index (κ2) is 5.55. The number of rotatable bonds is 4. The third-order valence-electron chi connectivity index (χ3n) is 2.77. The molecule has 0 aliphatic rings. The van der Waals surface area contributed by atoms with Gasteiger partial charge in [-0.2, -0.15) is 0 Å². The molecule has 2 aromatic rings. The molecule has 96 valence electrons. The number of halogens is 1. The third-order valence-corrected chi connectivity index (χ3v) is 3.10. The SMILES string of the molecule is CC(C)CC(N)c1cc(-c2ccccc2Cl)no1. The van der Waals surface area contributed by atoms with Gasteiger partial charge in [-0.3, -0.25) is 0 Å². The number of hydrogen-bond donors (Lipinski definition) is 1. The molecule has 0 saturated carbocycles. The van der Waals surface area contributed by atoms with E-state index in [-0.39, 0.29) is 6.04 Å². The van der Waals surface area contributed by atoms with E-state index in [1.807, 2.05) is 30.3 Å². The first-order valence-electron chi connectivity index (χ1n) is 6.05. The molecule has 1 unspecified atom stereocenters. The van der Waals surface area contributed by atoms with Gasteiger partial charge in [-0.05, 0) is 18.4 Å². The average molecular weight is 265 g/mol. The Morgan fingerprint density at radius 2 is 2.06 bits per heavy atom. The monoisotopic (exact) mass is 264 g/mol. The van der Waals surface area contributed by atoms with Gasteiger partial charge in [-0.15, -0.1) is 0 Å². The standard InChI is InChI=1S/C14H17ClN2O/c1-9(2)7-12(16)14-8-13(17-18-14)10-5-3-4-6-11(10)15/h3-6,8-9,12H,7,16H2,1-2H3. The minimum Gasteiger partial charge on any atom is -0.359 e. The van der Waals surface area contributed by atoms with Crippen molar-refractivity contribution < 1.29 is 4.52 Å². The number of aromatic nitrogens is 1. The van der Waals surface area contributed by atoms with Crippen LogP contribution in [0.15, 0.2) is 34.9 Å². The van der Waals surface area contributed by atoms with Crippen molar-refractivity contribution in [2.75, 3.05) is 0 Å². The molecule has 3 nitrogen and oxygen atoms in total. The summed E-state index contributed by atoms with van der Waals surface area (Å²) < 4.78 is 5.30. The molecular weight excluding hydrogens is 248 g/mol. The maximum atomic E-state index is 6.12. The molecule has 0 saturated heterocycles. The lowest BCUT2D eigenvalue weighted by Gasteiger charge is -2.09. The van der Waals surface area contributed by atoms with Crippen molar-refractivity contribution in [1.29, 1.82) is 0 Å². The smallest absolute Gasteiger partial charge is 0.154 e. The number of benzene rings is 1. The highest BCUT2D eigenvalue weighted by atomic mass is 35.5. The molecule has 0 radical (unpaired) electrons. The van der Waals surface area contributed by atoms with Gasteiger partial charge in [0.2, 0.25) is 0 Å². The van der Waals surface area contributed by atoms with Gasteiger partial charge in [-0.25, -0.2) is 0 Å². The van der Waals surface area contributed by atoms with Gasteiger partial charge in [0.15, 0.2) is 5.76 Å². The largest absolute Gasteiger partial charge is 0.359 e. The fourth-order valence-corrected chi connectivity index (χ4v) is 2.12. The summed E-state index contributed by atoms with van der Waals surface area (Å²) in [5, 5.41) is 4.70. The van der Waals surface area contributed by atoms with Crippen LogP contribution in [0.3, 0.4) is 0 Å². The van der Waals surface area contributed by atoms with Crippen LogP contribution in [0.4, 0.5) is 0 Å². The van der Waals surface area contributed by atoms with Crippen molar-refractivity contribution in [3.8, 4) is 11.3 Å². The van der Waals surface area contributed by atoms with Gasteiger partial charge < -0.3 is 10.3 Å². The summed E-state index contributed by atoms with van der Waals surface area (Å²) in [4.78, 5) is 0. The van der Waals surface area contributed by atoms with Crippen LogP contribution in [-0.4, -0.2) is 5.16 Å². The zero-order chi connectivity index (χ0) is 13.1. The molecule has 0 fully saturated rings. The fraction of sp³-hybridized carbons (Fsp3) is 0.357. The molecule has 0 bridgehead atoms. The predicted octanol–water partition coefficient (Wildman–Crippen LogP) is 4.04. The van der Waals surface area contributed by atoms with Crippen molar-refractivity contribution in [3.63, 3.8) is 0 Å². The summed E-state index contributed by atoms with van der Waals surface area (Å²) in [6.45, 7) is 4.26.